The van der Waals surface area contributed by atoms with Gasteiger partial charge in [-0.2, -0.15) is 5.10 Å². The molecule has 1 amide bonds. The van der Waals surface area contributed by atoms with Crippen LogP contribution in [0.3, 0.4) is 0 Å². The molecule has 2 aromatic heterocycles. The maximum atomic E-state index is 12.5. The molecule has 1 saturated heterocycles. The molecular formula is C13H15BrN4O. The monoisotopic (exact) mass is 322 g/mol. The highest BCUT2D eigenvalue weighted by Crippen LogP contribution is 2.18. The lowest BCUT2D eigenvalue weighted by molar-refractivity contribution is 0.0666. The average molecular weight is 323 g/mol. The number of carbonyl (C=O) groups excluding carboxylic acids is 1. The van der Waals surface area contributed by atoms with Gasteiger partial charge in [0.25, 0.3) is 5.91 Å². The number of halogens is 1. The molecule has 0 N–H and O–H groups in total. The summed E-state index contributed by atoms with van der Waals surface area (Å²) in [4.78, 5) is 16.7. The zero-order valence-electron chi connectivity index (χ0n) is 10.7. The van der Waals surface area contributed by atoms with Crippen LogP contribution < -0.4 is 0 Å². The van der Waals surface area contributed by atoms with Gasteiger partial charge in [0.2, 0.25) is 0 Å². The Balaban J connectivity index is 1.91. The van der Waals surface area contributed by atoms with Crippen molar-refractivity contribution in [2.45, 2.75) is 0 Å². The van der Waals surface area contributed by atoms with E-state index in [0.717, 1.165) is 36.2 Å². The minimum atomic E-state index is 0.0706. The highest BCUT2D eigenvalue weighted by atomic mass is 79.9. The van der Waals surface area contributed by atoms with Gasteiger partial charge in [0, 0.05) is 36.8 Å². The van der Waals surface area contributed by atoms with Crippen molar-refractivity contribution in [3.63, 3.8) is 0 Å². The number of fused-ring (bicyclic) bond motifs is 1. The van der Waals surface area contributed by atoms with Gasteiger partial charge in [-0.25, -0.2) is 4.52 Å². The third-order valence-electron chi connectivity index (χ3n) is 3.50. The van der Waals surface area contributed by atoms with Gasteiger partial charge in [0.05, 0.1) is 17.3 Å². The Bertz CT molecular complexity index is 616. The molecule has 0 radical (unpaired) electrons. The zero-order valence-corrected chi connectivity index (χ0v) is 12.3. The Labute approximate surface area is 119 Å². The Kier molecular flexibility index (Phi) is 3.28. The number of hydrogen-bond donors (Lipinski definition) is 0. The van der Waals surface area contributed by atoms with Crippen molar-refractivity contribution in [2.24, 2.45) is 0 Å². The molecule has 0 spiro atoms. The van der Waals surface area contributed by atoms with Crippen LogP contribution in [0.1, 0.15) is 10.4 Å². The number of pyridine rings is 1. The van der Waals surface area contributed by atoms with Crippen molar-refractivity contribution in [1.29, 1.82) is 0 Å². The largest absolute Gasteiger partial charge is 0.336 e. The maximum absolute atomic E-state index is 12.5. The number of likely N-dealkylation sites (N-methyl/N-ethyl adjacent to an activating group) is 1. The molecule has 0 unspecified atom stereocenters. The van der Waals surface area contributed by atoms with Gasteiger partial charge in [0.1, 0.15) is 0 Å². The van der Waals surface area contributed by atoms with Crippen molar-refractivity contribution in [3.8, 4) is 0 Å². The summed E-state index contributed by atoms with van der Waals surface area (Å²) in [5, 5.41) is 4.23. The van der Waals surface area contributed by atoms with Crippen molar-refractivity contribution < 1.29 is 4.79 Å². The molecule has 0 atom stereocenters. The number of carbonyl (C=O) groups is 1. The molecule has 0 bridgehead atoms. The van der Waals surface area contributed by atoms with E-state index in [4.69, 9.17) is 0 Å². The molecule has 1 aliphatic rings. The van der Waals surface area contributed by atoms with E-state index in [1.54, 1.807) is 10.7 Å². The fourth-order valence-corrected chi connectivity index (χ4v) is 2.63. The summed E-state index contributed by atoms with van der Waals surface area (Å²) in [6.45, 7) is 3.41. The predicted molar refractivity (Wildman–Crippen MR) is 76.3 cm³/mol. The summed E-state index contributed by atoms with van der Waals surface area (Å²) >= 11 is 3.43. The third kappa shape index (κ3) is 2.37. The van der Waals surface area contributed by atoms with Gasteiger partial charge >= 0.3 is 0 Å². The van der Waals surface area contributed by atoms with Crippen molar-refractivity contribution in [2.75, 3.05) is 33.2 Å². The minimum absolute atomic E-state index is 0.0706. The van der Waals surface area contributed by atoms with Gasteiger partial charge in [-0.05, 0) is 19.2 Å². The fourth-order valence-electron chi connectivity index (χ4n) is 2.30. The van der Waals surface area contributed by atoms with E-state index in [9.17, 15) is 4.79 Å². The number of hydrogen-bond acceptors (Lipinski definition) is 3. The van der Waals surface area contributed by atoms with Gasteiger partial charge in [0.15, 0.2) is 0 Å². The average Bonchev–Trinajstić information content (AvgIpc) is 2.81. The van der Waals surface area contributed by atoms with Crippen LogP contribution in [0.25, 0.3) is 5.52 Å². The van der Waals surface area contributed by atoms with E-state index in [0.29, 0.717) is 5.56 Å². The molecule has 5 nitrogen and oxygen atoms in total. The van der Waals surface area contributed by atoms with Crippen LogP contribution in [0.2, 0.25) is 0 Å². The van der Waals surface area contributed by atoms with Crippen LogP contribution in [0, 0.1) is 0 Å². The Hall–Kier alpha value is -1.40. The first-order valence-corrected chi connectivity index (χ1v) is 7.05. The van der Waals surface area contributed by atoms with Gasteiger partial charge in [-0.3, -0.25) is 4.79 Å². The first-order chi connectivity index (χ1) is 9.15. The Morgan fingerprint density at radius 1 is 1.32 bits per heavy atom. The summed E-state index contributed by atoms with van der Waals surface area (Å²) < 4.78 is 2.68. The standard InChI is InChI=1S/C13H15BrN4O/c1-16-4-6-17(7-5-16)13(19)11-9-15-18-3-2-10(14)8-12(11)18/h2-3,8-9H,4-7H2,1H3. The third-order valence-corrected chi connectivity index (χ3v) is 4.00. The number of nitrogens with zero attached hydrogens (tertiary/aromatic N) is 4. The second kappa shape index (κ2) is 4.94. The molecule has 19 heavy (non-hydrogen) atoms. The van der Waals surface area contributed by atoms with Crippen LogP contribution >= 0.6 is 15.9 Å². The summed E-state index contributed by atoms with van der Waals surface area (Å²) in [5.41, 5.74) is 1.52. The van der Waals surface area contributed by atoms with Crippen LogP contribution in [-0.4, -0.2) is 58.5 Å². The summed E-state index contributed by atoms with van der Waals surface area (Å²) in [5.74, 6) is 0.0706. The molecule has 1 fully saturated rings. The lowest BCUT2D eigenvalue weighted by Crippen LogP contribution is -2.47. The van der Waals surface area contributed by atoms with Crippen molar-refractivity contribution >= 4 is 27.4 Å². The molecule has 6 heteroatoms. The Morgan fingerprint density at radius 2 is 2.05 bits per heavy atom. The van der Waals surface area contributed by atoms with Crippen LogP contribution in [0.4, 0.5) is 0 Å². The molecule has 0 saturated carbocycles. The number of piperazine rings is 1. The molecule has 0 aliphatic carbocycles. The quantitative estimate of drug-likeness (QED) is 0.798. The molecule has 0 aromatic carbocycles. The topological polar surface area (TPSA) is 40.8 Å². The summed E-state index contributed by atoms with van der Waals surface area (Å²) in [6, 6.07) is 3.83. The molecule has 3 rings (SSSR count). The van der Waals surface area contributed by atoms with Gasteiger partial charge in [-0.15, -0.1) is 0 Å². The van der Waals surface area contributed by atoms with Crippen molar-refractivity contribution in [3.05, 3.63) is 34.6 Å². The van der Waals surface area contributed by atoms with E-state index in [1.807, 2.05) is 23.2 Å². The zero-order chi connectivity index (χ0) is 13.4. The predicted octanol–water partition coefficient (Wildman–Crippen LogP) is 1.48. The van der Waals surface area contributed by atoms with Gasteiger partial charge < -0.3 is 9.80 Å². The minimum Gasteiger partial charge on any atom is -0.336 e. The van der Waals surface area contributed by atoms with E-state index in [1.165, 1.54) is 0 Å². The van der Waals surface area contributed by atoms with Crippen LogP contribution in [0.15, 0.2) is 29.0 Å². The van der Waals surface area contributed by atoms with Crippen LogP contribution in [-0.2, 0) is 0 Å². The molecule has 3 heterocycles. The smallest absolute Gasteiger partial charge is 0.257 e. The first-order valence-electron chi connectivity index (χ1n) is 6.26. The lowest BCUT2D eigenvalue weighted by atomic mass is 10.2. The summed E-state index contributed by atoms with van der Waals surface area (Å²) in [7, 11) is 2.08. The highest BCUT2D eigenvalue weighted by Gasteiger charge is 2.22. The van der Waals surface area contributed by atoms with E-state index < -0.39 is 0 Å². The highest BCUT2D eigenvalue weighted by molar-refractivity contribution is 9.10. The molecule has 100 valence electrons. The van der Waals surface area contributed by atoms with E-state index in [-0.39, 0.29) is 5.91 Å². The lowest BCUT2D eigenvalue weighted by Gasteiger charge is -2.32. The number of rotatable bonds is 1. The maximum Gasteiger partial charge on any atom is 0.257 e. The fraction of sp³-hybridized carbons (Fsp3) is 0.385. The molecule has 2 aromatic rings. The number of aromatic nitrogens is 2. The second-order valence-corrected chi connectivity index (χ2v) is 5.74. The second-order valence-electron chi connectivity index (χ2n) is 4.83. The van der Waals surface area contributed by atoms with Crippen LogP contribution in [0.5, 0.6) is 0 Å². The van der Waals surface area contributed by atoms with E-state index in [2.05, 4.69) is 33.0 Å². The van der Waals surface area contributed by atoms with Crippen molar-refractivity contribution in [1.82, 2.24) is 19.4 Å². The van der Waals surface area contributed by atoms with Gasteiger partial charge in [-0.1, -0.05) is 15.9 Å². The molecule has 1 aliphatic heterocycles. The number of amides is 1. The Morgan fingerprint density at radius 3 is 2.79 bits per heavy atom. The summed E-state index contributed by atoms with van der Waals surface area (Å²) in [6.07, 6.45) is 3.50. The SMILES string of the molecule is CN1CCN(C(=O)c2cnn3ccc(Br)cc23)CC1. The normalized spacial score (nSPS) is 17.1. The first kappa shape index (κ1) is 12.6. The van der Waals surface area contributed by atoms with E-state index >= 15 is 0 Å². The molecular weight excluding hydrogens is 308 g/mol.